The molecule has 0 aliphatic rings. The lowest BCUT2D eigenvalue weighted by atomic mass is 10.1. The summed E-state index contributed by atoms with van der Waals surface area (Å²) in [6, 6.07) is 10.4. The van der Waals surface area contributed by atoms with E-state index in [1.54, 1.807) is 49.6 Å². The summed E-state index contributed by atoms with van der Waals surface area (Å²) in [6.45, 7) is 3.92. The molecular formula is C18H17N3O3S. The van der Waals surface area contributed by atoms with E-state index in [4.69, 9.17) is 4.42 Å². The first-order chi connectivity index (χ1) is 12.0. The van der Waals surface area contributed by atoms with Gasteiger partial charge in [0.15, 0.2) is 0 Å². The van der Waals surface area contributed by atoms with Crippen molar-refractivity contribution in [3.05, 3.63) is 69.6 Å². The fourth-order valence-electron chi connectivity index (χ4n) is 2.39. The maximum atomic E-state index is 12.5. The normalized spacial score (nSPS) is 10.5. The third kappa shape index (κ3) is 3.95. The molecule has 0 saturated heterocycles. The van der Waals surface area contributed by atoms with Gasteiger partial charge in [0.1, 0.15) is 10.6 Å². The van der Waals surface area contributed by atoms with Crippen molar-refractivity contribution in [2.24, 2.45) is 0 Å². The smallest absolute Gasteiger partial charge is 0.267 e. The Hall–Kier alpha value is -2.93. The van der Waals surface area contributed by atoms with E-state index in [-0.39, 0.29) is 18.4 Å². The second kappa shape index (κ2) is 7.31. The van der Waals surface area contributed by atoms with Gasteiger partial charge in [-0.1, -0.05) is 12.1 Å². The highest BCUT2D eigenvalue weighted by Crippen LogP contribution is 2.21. The van der Waals surface area contributed by atoms with Gasteiger partial charge in [0.05, 0.1) is 34.8 Å². The Kier molecular flexibility index (Phi) is 4.95. The van der Waals surface area contributed by atoms with Crippen LogP contribution in [0.4, 0.5) is 5.69 Å². The molecule has 25 heavy (non-hydrogen) atoms. The molecule has 0 radical (unpaired) electrons. The van der Waals surface area contributed by atoms with E-state index in [0.717, 1.165) is 5.01 Å². The maximum absolute atomic E-state index is 12.5. The molecular weight excluding hydrogens is 338 g/mol. The van der Waals surface area contributed by atoms with Crippen molar-refractivity contribution in [3.8, 4) is 0 Å². The first-order valence-corrected chi connectivity index (χ1v) is 8.51. The fraction of sp³-hybridized carbons (Fsp3) is 0.167. The van der Waals surface area contributed by atoms with Crippen molar-refractivity contribution in [2.75, 3.05) is 5.32 Å². The molecule has 0 saturated carbocycles. The van der Waals surface area contributed by atoms with E-state index in [9.17, 15) is 9.59 Å². The molecule has 0 fully saturated rings. The van der Waals surface area contributed by atoms with Gasteiger partial charge in [-0.25, -0.2) is 4.98 Å². The van der Waals surface area contributed by atoms with Crippen molar-refractivity contribution in [1.82, 2.24) is 10.3 Å². The molecule has 0 aliphatic carbocycles. The van der Waals surface area contributed by atoms with E-state index < -0.39 is 0 Å². The number of furan rings is 1. The zero-order chi connectivity index (χ0) is 17.8. The Labute approximate surface area is 148 Å². The molecule has 3 rings (SSSR count). The standard InChI is InChI=1S/C18H17N3O3S/c1-11-16(25-12(2)20-11)18(23)21-15-8-4-3-7-14(15)17(22)19-10-13-6-5-9-24-13/h3-9H,10H2,1-2H3,(H,19,22)(H,21,23). The SMILES string of the molecule is Cc1nc(C)c(C(=O)Nc2ccccc2C(=O)NCc2ccco2)s1. The van der Waals surface area contributed by atoms with Crippen molar-refractivity contribution in [2.45, 2.75) is 20.4 Å². The van der Waals surface area contributed by atoms with Gasteiger partial charge >= 0.3 is 0 Å². The number of anilines is 1. The van der Waals surface area contributed by atoms with Crippen molar-refractivity contribution in [1.29, 1.82) is 0 Å². The summed E-state index contributed by atoms with van der Waals surface area (Å²) in [7, 11) is 0. The van der Waals surface area contributed by atoms with Gasteiger partial charge < -0.3 is 15.1 Å². The summed E-state index contributed by atoms with van der Waals surface area (Å²) in [5.74, 6) is 0.101. The van der Waals surface area contributed by atoms with Crippen LogP contribution in [0.2, 0.25) is 0 Å². The topological polar surface area (TPSA) is 84.2 Å². The van der Waals surface area contributed by atoms with Gasteiger partial charge in [-0.05, 0) is 38.1 Å². The minimum atomic E-state index is -0.287. The number of hydrogen-bond acceptors (Lipinski definition) is 5. The van der Waals surface area contributed by atoms with Crippen LogP contribution in [0.1, 0.15) is 36.5 Å². The number of thiazole rings is 1. The van der Waals surface area contributed by atoms with Crippen LogP contribution in [0.15, 0.2) is 47.1 Å². The van der Waals surface area contributed by atoms with Gasteiger partial charge in [-0.3, -0.25) is 9.59 Å². The Bertz CT molecular complexity index is 900. The number of nitrogens with zero attached hydrogens (tertiary/aromatic N) is 1. The largest absolute Gasteiger partial charge is 0.467 e. The van der Waals surface area contributed by atoms with Gasteiger partial charge in [0.2, 0.25) is 0 Å². The van der Waals surface area contributed by atoms with Crippen LogP contribution in [-0.2, 0) is 6.54 Å². The number of aromatic nitrogens is 1. The Morgan fingerprint density at radius 3 is 2.60 bits per heavy atom. The number of hydrogen-bond donors (Lipinski definition) is 2. The number of carbonyl (C=O) groups is 2. The van der Waals surface area contributed by atoms with Crippen LogP contribution in [-0.4, -0.2) is 16.8 Å². The number of carbonyl (C=O) groups excluding carboxylic acids is 2. The molecule has 2 N–H and O–H groups in total. The van der Waals surface area contributed by atoms with Crippen LogP contribution in [0.5, 0.6) is 0 Å². The number of amides is 2. The van der Waals surface area contributed by atoms with Crippen LogP contribution >= 0.6 is 11.3 Å². The summed E-state index contributed by atoms with van der Waals surface area (Å²) >= 11 is 1.33. The Balaban J connectivity index is 1.75. The summed E-state index contributed by atoms with van der Waals surface area (Å²) in [4.78, 5) is 29.7. The van der Waals surface area contributed by atoms with Gasteiger partial charge in [-0.15, -0.1) is 11.3 Å². The van der Waals surface area contributed by atoms with E-state index in [0.29, 0.717) is 27.6 Å². The third-order valence-electron chi connectivity index (χ3n) is 3.53. The predicted octanol–water partition coefficient (Wildman–Crippen LogP) is 3.54. The zero-order valence-electron chi connectivity index (χ0n) is 13.8. The number of aryl methyl sites for hydroxylation is 2. The first kappa shape index (κ1) is 16.9. The van der Waals surface area contributed by atoms with Crippen LogP contribution in [0.3, 0.4) is 0 Å². The number of rotatable bonds is 5. The lowest BCUT2D eigenvalue weighted by molar-refractivity contribution is 0.0949. The lowest BCUT2D eigenvalue weighted by Crippen LogP contribution is -2.24. The van der Waals surface area contributed by atoms with Crippen molar-refractivity contribution < 1.29 is 14.0 Å². The Morgan fingerprint density at radius 2 is 1.92 bits per heavy atom. The Morgan fingerprint density at radius 1 is 1.12 bits per heavy atom. The molecule has 3 aromatic rings. The van der Waals surface area contributed by atoms with Crippen molar-refractivity contribution in [3.63, 3.8) is 0 Å². The average molecular weight is 355 g/mol. The van der Waals surface area contributed by atoms with E-state index in [1.807, 2.05) is 6.92 Å². The highest BCUT2D eigenvalue weighted by atomic mass is 32.1. The highest BCUT2D eigenvalue weighted by molar-refractivity contribution is 7.13. The summed E-state index contributed by atoms with van der Waals surface area (Å²) in [6.07, 6.45) is 1.55. The van der Waals surface area contributed by atoms with Crippen LogP contribution < -0.4 is 10.6 Å². The zero-order valence-corrected chi connectivity index (χ0v) is 14.6. The second-order valence-corrected chi connectivity index (χ2v) is 6.61. The van der Waals surface area contributed by atoms with Crippen molar-refractivity contribution >= 4 is 28.8 Å². The van der Waals surface area contributed by atoms with E-state index >= 15 is 0 Å². The first-order valence-electron chi connectivity index (χ1n) is 7.69. The quantitative estimate of drug-likeness (QED) is 0.733. The number of para-hydroxylation sites is 1. The second-order valence-electron chi connectivity index (χ2n) is 5.41. The molecule has 2 aromatic heterocycles. The number of benzene rings is 1. The monoisotopic (exact) mass is 355 g/mol. The molecule has 0 atom stereocenters. The molecule has 0 spiro atoms. The van der Waals surface area contributed by atoms with Gasteiger partial charge in [0, 0.05) is 0 Å². The summed E-state index contributed by atoms with van der Waals surface area (Å²) < 4.78 is 5.20. The third-order valence-corrected chi connectivity index (χ3v) is 4.60. The predicted molar refractivity (Wildman–Crippen MR) is 95.9 cm³/mol. The molecule has 128 valence electrons. The van der Waals surface area contributed by atoms with Crippen LogP contribution in [0, 0.1) is 13.8 Å². The minimum Gasteiger partial charge on any atom is -0.467 e. The molecule has 0 bridgehead atoms. The fourth-order valence-corrected chi connectivity index (χ4v) is 3.20. The minimum absolute atomic E-state index is 0.269. The summed E-state index contributed by atoms with van der Waals surface area (Å²) in [5, 5.41) is 6.40. The average Bonchev–Trinajstić information content (AvgIpc) is 3.22. The van der Waals surface area contributed by atoms with Gasteiger partial charge in [0.25, 0.3) is 11.8 Å². The molecule has 1 aromatic carbocycles. The molecule has 0 aliphatic heterocycles. The molecule has 0 unspecified atom stereocenters. The van der Waals surface area contributed by atoms with E-state index in [1.165, 1.54) is 11.3 Å². The highest BCUT2D eigenvalue weighted by Gasteiger charge is 2.17. The molecule has 7 heteroatoms. The number of nitrogens with one attached hydrogen (secondary N) is 2. The van der Waals surface area contributed by atoms with E-state index in [2.05, 4.69) is 15.6 Å². The lowest BCUT2D eigenvalue weighted by Gasteiger charge is -2.10. The van der Waals surface area contributed by atoms with Gasteiger partial charge in [-0.2, -0.15) is 0 Å². The maximum Gasteiger partial charge on any atom is 0.267 e. The van der Waals surface area contributed by atoms with Crippen LogP contribution in [0.25, 0.3) is 0 Å². The molecule has 2 heterocycles. The summed E-state index contributed by atoms with van der Waals surface area (Å²) in [5.41, 5.74) is 1.52. The molecule has 6 nitrogen and oxygen atoms in total. The molecule has 2 amide bonds.